The molecule has 8 saturated heterocycles. The molecule has 30 nitrogen and oxygen atoms in total. The number of likely N-dealkylation sites (tertiary alicyclic amines) is 1. The molecule has 24 rings (SSSR count). The van der Waals surface area contributed by atoms with Crippen molar-refractivity contribution < 1.29 is 59.2 Å². The van der Waals surface area contributed by atoms with Gasteiger partial charge in [0, 0.05) is 135 Å². The third-order valence-corrected chi connectivity index (χ3v) is 30.8. The van der Waals surface area contributed by atoms with Crippen molar-refractivity contribution in [1.29, 1.82) is 0 Å². The predicted molar refractivity (Wildman–Crippen MR) is 513 cm³/mol. The Morgan fingerprint density at radius 3 is 1.12 bits per heavy atom. The van der Waals surface area contributed by atoms with Crippen LogP contribution in [-0.2, 0) is 19.5 Å². The van der Waals surface area contributed by atoms with Crippen LogP contribution in [0.4, 0.5) is 45.9 Å². The van der Waals surface area contributed by atoms with E-state index in [0.717, 1.165) is 240 Å². The summed E-state index contributed by atoms with van der Waals surface area (Å²) in [5.74, 6) is 5.71. The highest BCUT2D eigenvalue weighted by Crippen LogP contribution is 2.52. The number of hydrogen-bond acceptors (Lipinski definition) is 24. The van der Waals surface area contributed by atoms with Crippen LogP contribution in [-0.4, -0.2) is 233 Å². The molecule has 19 heterocycles. The van der Waals surface area contributed by atoms with Gasteiger partial charge in [0.05, 0.1) is 160 Å². The van der Waals surface area contributed by atoms with E-state index < -0.39 is 15.6 Å². The summed E-state index contributed by atoms with van der Waals surface area (Å²) in [5, 5.41) is 3.36. The van der Waals surface area contributed by atoms with Crippen LogP contribution in [0.25, 0.3) is 45.0 Å². The molecule has 12 aromatic rings. The van der Waals surface area contributed by atoms with Crippen molar-refractivity contribution in [3.63, 3.8) is 0 Å². The number of benzene rings is 5. The summed E-state index contributed by atoms with van der Waals surface area (Å²) in [6.07, 6.45) is 39.9. The molecule has 12 aliphatic rings. The predicted octanol–water partition coefficient (Wildman–Crippen LogP) is 16.3. The number of sulfonamides is 1. The molecule has 0 radical (unpaired) electrons. The minimum Gasteiger partial charge on any atom is -0.488 e. The fourth-order valence-electron chi connectivity index (χ4n) is 22.8. The number of aromatic nitrogens is 14. The summed E-state index contributed by atoms with van der Waals surface area (Å²) in [7, 11) is -3.15. The van der Waals surface area contributed by atoms with Gasteiger partial charge in [-0.25, -0.2) is 84.9 Å². The minimum atomic E-state index is -3.15. The lowest BCUT2D eigenvalue weighted by molar-refractivity contribution is 0.00767. The Morgan fingerprint density at radius 2 is 0.761 bits per heavy atom. The van der Waals surface area contributed by atoms with Gasteiger partial charge in [-0.2, -0.15) is 0 Å². The molecular formula is C103H117F4N21O9S. The maximum Gasteiger partial charge on any atom is 0.410 e. The number of carbonyl (C=O) groups excluding carboxylic acids is 1. The molecule has 1 amide bonds. The van der Waals surface area contributed by atoms with Crippen LogP contribution in [0.5, 0.6) is 23.0 Å². The van der Waals surface area contributed by atoms with Crippen LogP contribution in [0.1, 0.15) is 164 Å². The Morgan fingerprint density at radius 1 is 0.399 bits per heavy atom. The molecule has 0 bridgehead atoms. The molecule has 7 unspecified atom stereocenters. The highest BCUT2D eigenvalue weighted by Gasteiger charge is 2.45. The Labute approximate surface area is 800 Å². The van der Waals surface area contributed by atoms with E-state index in [1.165, 1.54) is 16.2 Å². The molecule has 1 N–H and O–H groups in total. The summed E-state index contributed by atoms with van der Waals surface area (Å²) >= 11 is 0. The van der Waals surface area contributed by atoms with E-state index in [9.17, 15) is 30.8 Å². The molecule has 5 aromatic carbocycles. The van der Waals surface area contributed by atoms with Crippen molar-refractivity contribution in [3.8, 4) is 68.0 Å². The van der Waals surface area contributed by atoms with E-state index in [1.54, 1.807) is 90.6 Å². The Bertz CT molecular complexity index is 6350. The lowest BCUT2D eigenvalue weighted by Crippen LogP contribution is -2.46. The topological polar surface area (TPSA) is 287 Å². The zero-order chi connectivity index (χ0) is 94.3. The largest absolute Gasteiger partial charge is 0.488 e. The third kappa shape index (κ3) is 19.3. The maximum absolute atomic E-state index is 14.9. The Hall–Kier alpha value is -12.6. The third-order valence-electron chi connectivity index (χ3n) is 29.5. The minimum absolute atomic E-state index is 0.00615. The van der Waals surface area contributed by atoms with Gasteiger partial charge in [0.2, 0.25) is 27.9 Å². The first-order chi connectivity index (χ1) is 67.2. The monoisotopic (exact) mass is 1900 g/mol. The number of nitrogens with one attached hydrogen (secondary N) is 1. The average Bonchev–Trinajstić information content (AvgIpc) is 1.60. The van der Waals surface area contributed by atoms with Crippen molar-refractivity contribution in [3.05, 3.63) is 230 Å². The lowest BCUT2D eigenvalue weighted by Gasteiger charge is -2.37. The molecule has 35 heteroatoms. The number of hydrogen-bond donors (Lipinski definition) is 1. The molecule has 7 aromatic heterocycles. The highest BCUT2D eigenvalue weighted by atomic mass is 32.2. The van der Waals surface area contributed by atoms with Gasteiger partial charge in [0.1, 0.15) is 59.0 Å². The van der Waals surface area contributed by atoms with Gasteiger partial charge in [0.25, 0.3) is 0 Å². The SMILES string of the molecule is CC(C)(C)OC(=O)N1CCCC(Oc2cnc(N3CCC(C4c5c(F)cccc5-c5cncn54)CC3)nc2)C1.CS(=O)(=O)N1CCC(Oc2cnc(N3CCC(C4c5c(F)cccc5-c5cncn54)CC3)nc2)CC1.Fc1cccc2c1C(C1CCN(c3ccc(OC4CCOC4)cc3)CC1)n1cncc1-2.Fc1cccc2c1C(C1CCN(c3ncc(OC4CCCNC4)cn3)CC1)n1cncc1-2. The van der Waals surface area contributed by atoms with Gasteiger partial charge < -0.3 is 76.5 Å². The van der Waals surface area contributed by atoms with E-state index in [2.05, 4.69) is 117 Å². The number of halogens is 4. The normalized spacial score (nSPS) is 22.2. The second-order valence-electron chi connectivity index (χ2n) is 39.3. The first kappa shape index (κ1) is 91.8. The van der Waals surface area contributed by atoms with Crippen molar-refractivity contribution >= 4 is 39.6 Å². The van der Waals surface area contributed by atoms with Crippen molar-refractivity contribution in [2.75, 3.05) is 131 Å². The molecule has 7 atom stereocenters. The summed E-state index contributed by atoms with van der Waals surface area (Å²) in [6.45, 7) is 17.9. The second kappa shape index (κ2) is 39.7. The van der Waals surface area contributed by atoms with Crippen LogP contribution in [0.2, 0.25) is 0 Å². The first-order valence-corrected chi connectivity index (χ1v) is 50.7. The summed E-state index contributed by atoms with van der Waals surface area (Å²) in [6, 6.07) is 29.7. The number of carbonyl (C=O) groups is 1. The molecule has 722 valence electrons. The Kier molecular flexibility index (Phi) is 26.4. The van der Waals surface area contributed by atoms with E-state index in [-0.39, 0.29) is 77.9 Å². The van der Waals surface area contributed by atoms with E-state index in [1.807, 2.05) is 95.1 Å². The van der Waals surface area contributed by atoms with Crippen LogP contribution < -0.4 is 43.9 Å². The molecule has 8 fully saturated rings. The van der Waals surface area contributed by atoms with Crippen molar-refractivity contribution in [1.82, 2.24) is 82.6 Å². The van der Waals surface area contributed by atoms with Crippen LogP contribution in [0, 0.1) is 46.9 Å². The molecule has 0 aliphatic carbocycles. The second-order valence-corrected chi connectivity index (χ2v) is 41.2. The van der Waals surface area contributed by atoms with E-state index in [4.69, 9.17) is 28.4 Å². The molecule has 138 heavy (non-hydrogen) atoms. The number of piperidine rings is 7. The van der Waals surface area contributed by atoms with Crippen molar-refractivity contribution in [2.45, 2.75) is 171 Å². The molecular weight excluding hydrogens is 1780 g/mol. The maximum atomic E-state index is 14.9. The van der Waals surface area contributed by atoms with Gasteiger partial charge in [-0.3, -0.25) is 0 Å². The zero-order valence-electron chi connectivity index (χ0n) is 78.2. The van der Waals surface area contributed by atoms with Gasteiger partial charge >= 0.3 is 6.09 Å². The number of rotatable bonds is 17. The molecule has 12 aliphatic heterocycles. The van der Waals surface area contributed by atoms with Crippen LogP contribution in [0.3, 0.4) is 0 Å². The van der Waals surface area contributed by atoms with E-state index in [0.29, 0.717) is 92.7 Å². The standard InChI is InChI=1S/C29H35FN6O3.C25H29FN6O3S.C25H26FN3O2.C24H27FN6O/c1-29(2,3)39-28(37)35-11-5-6-20(17-35)38-21-14-32-27(33-15-21)34-12-9-19(10-13-34)26-25-22(7-4-8-23(25)30)24-16-31-18-36(24)26;1-36(33,34)31-11-7-18(8-12-31)35-19-13-28-25(29-14-19)30-9-5-17(6-10-30)24-23-20(3-2-4-21(23)26)22-15-27-16-32(22)24;26-22-3-1-2-21-23-14-27-16-29(23)25(24(21)22)17-8-11-28(12-9-17)18-4-6-19(7-5-18)31-20-10-13-30-15-20;25-20-5-1-4-19-21-14-27-15-31(21)23(22(19)20)16-6-9-30(10-7-16)24-28-12-18(13-29-24)32-17-3-2-8-26-11-17/h4,7-8,14-16,18-20,26H,5-6,9-13,17H2,1-3H3;2-4,13-18,24H,5-12H2,1H3;1-7,14,16-17,20,25H,8-13,15H2;1,4-5,12-17,23,26H,2-3,6-11H2. The lowest BCUT2D eigenvalue weighted by atomic mass is 9.85. The smallest absolute Gasteiger partial charge is 0.410 e. The van der Waals surface area contributed by atoms with Gasteiger partial charge in [-0.05, 0) is 189 Å². The molecule has 0 spiro atoms. The number of nitrogens with zero attached hydrogens (tertiary/aromatic N) is 20. The summed E-state index contributed by atoms with van der Waals surface area (Å²) in [4.78, 5) is 67.8. The zero-order valence-corrected chi connectivity index (χ0v) is 79.0. The molecule has 0 saturated carbocycles. The fourth-order valence-corrected chi connectivity index (χ4v) is 23.6. The average molecular weight is 1900 g/mol. The first-order valence-electron chi connectivity index (χ1n) is 48.9. The van der Waals surface area contributed by atoms with Gasteiger partial charge in [0.15, 0.2) is 17.2 Å². The summed E-state index contributed by atoms with van der Waals surface area (Å²) in [5.41, 5.74) is 11.8. The highest BCUT2D eigenvalue weighted by molar-refractivity contribution is 7.88. The summed E-state index contributed by atoms with van der Waals surface area (Å²) < 4.78 is 128. The number of ether oxygens (including phenoxy) is 6. The number of fused-ring (bicyclic) bond motifs is 12. The van der Waals surface area contributed by atoms with Crippen LogP contribution in [0.15, 0.2) is 184 Å². The number of imidazole rings is 4. The van der Waals surface area contributed by atoms with Crippen molar-refractivity contribution in [2.24, 2.45) is 23.7 Å². The quantitative estimate of drug-likeness (QED) is 0.0829. The Balaban J connectivity index is 0.000000110. The number of amides is 1. The number of anilines is 4. The van der Waals surface area contributed by atoms with Gasteiger partial charge in [-0.15, -0.1) is 0 Å². The van der Waals surface area contributed by atoms with E-state index >= 15 is 0 Å². The van der Waals surface area contributed by atoms with Gasteiger partial charge in [-0.1, -0.05) is 48.5 Å². The van der Waals surface area contributed by atoms with Crippen LogP contribution >= 0.6 is 0 Å². The fraction of sp³-hybridized carbons (Fsp3) is 0.466.